The lowest BCUT2D eigenvalue weighted by atomic mass is 9.98. The van der Waals surface area contributed by atoms with E-state index in [1.807, 2.05) is 48.5 Å². The molecule has 0 fully saturated rings. The van der Waals surface area contributed by atoms with Crippen LogP contribution in [-0.2, 0) is 11.2 Å². The number of aryl methyl sites for hydroxylation is 1. The number of carbonyl (C=O) groups excluding carboxylic acids is 1. The largest absolute Gasteiger partial charge is 0.448 e. The summed E-state index contributed by atoms with van der Waals surface area (Å²) in [6, 6.07) is 24.4. The van der Waals surface area contributed by atoms with Gasteiger partial charge in [-0.05, 0) is 59.2 Å². The number of benzene rings is 3. The lowest BCUT2D eigenvalue weighted by Crippen LogP contribution is -2.17. The maximum absolute atomic E-state index is 12.3. The second-order valence-electron chi connectivity index (χ2n) is 7.33. The van der Waals surface area contributed by atoms with Gasteiger partial charge in [0.05, 0.1) is 0 Å². The van der Waals surface area contributed by atoms with Crippen LogP contribution >= 0.6 is 0 Å². The number of fused-ring (bicyclic) bond motifs is 3. The van der Waals surface area contributed by atoms with Crippen LogP contribution in [0.25, 0.3) is 11.1 Å². The molecular formula is C25H25NO3. The number of carbonyl (C=O) groups is 1. The topological polar surface area (TPSA) is 58.6 Å². The maximum Gasteiger partial charge on any atom is 0.411 e. The average Bonchev–Trinajstić information content (AvgIpc) is 3.08. The van der Waals surface area contributed by atoms with Crippen molar-refractivity contribution in [3.8, 4) is 11.1 Å². The van der Waals surface area contributed by atoms with Gasteiger partial charge < -0.3 is 9.84 Å². The Morgan fingerprint density at radius 1 is 0.862 bits per heavy atom. The molecule has 4 nitrogen and oxygen atoms in total. The van der Waals surface area contributed by atoms with Crippen LogP contribution in [0.5, 0.6) is 0 Å². The fraction of sp³-hybridized carbons (Fsp3) is 0.240. The van der Waals surface area contributed by atoms with Crippen LogP contribution in [-0.4, -0.2) is 24.4 Å². The molecule has 1 aliphatic carbocycles. The number of unbranched alkanes of at least 4 members (excludes halogenated alkanes) is 1. The first kappa shape index (κ1) is 19.2. The highest BCUT2D eigenvalue weighted by molar-refractivity contribution is 5.85. The van der Waals surface area contributed by atoms with Crippen molar-refractivity contribution in [2.45, 2.75) is 25.2 Å². The standard InChI is InChI=1S/C25H25NO3/c27-16-6-5-7-18-12-14-19(15-13-18)26-25(28)29-17-24-22-10-3-1-8-20(22)21-9-2-4-11-23(21)24/h1-4,8-15,24,27H,5-7,16-17H2,(H,26,28). The number of aliphatic hydroxyl groups excluding tert-OH is 1. The molecule has 0 spiro atoms. The molecule has 0 unspecified atom stereocenters. The first-order valence-electron chi connectivity index (χ1n) is 10.1. The van der Waals surface area contributed by atoms with Gasteiger partial charge in [0.1, 0.15) is 6.61 Å². The second-order valence-corrected chi connectivity index (χ2v) is 7.33. The van der Waals surface area contributed by atoms with Crippen LogP contribution in [0.15, 0.2) is 72.8 Å². The third-order valence-corrected chi connectivity index (χ3v) is 5.42. The van der Waals surface area contributed by atoms with Crippen LogP contribution in [0.1, 0.15) is 35.4 Å². The molecule has 2 N–H and O–H groups in total. The molecule has 0 saturated heterocycles. The second kappa shape index (κ2) is 8.93. The highest BCUT2D eigenvalue weighted by Crippen LogP contribution is 2.44. The Kier molecular flexibility index (Phi) is 5.92. The molecule has 0 heterocycles. The molecular weight excluding hydrogens is 362 g/mol. The molecule has 1 aliphatic rings. The van der Waals surface area contributed by atoms with Crippen LogP contribution in [0.4, 0.5) is 10.5 Å². The third kappa shape index (κ3) is 4.33. The molecule has 1 amide bonds. The predicted molar refractivity (Wildman–Crippen MR) is 115 cm³/mol. The van der Waals surface area contributed by atoms with Crippen molar-refractivity contribution in [2.24, 2.45) is 0 Å². The highest BCUT2D eigenvalue weighted by atomic mass is 16.5. The minimum Gasteiger partial charge on any atom is -0.448 e. The monoisotopic (exact) mass is 387 g/mol. The van der Waals surface area contributed by atoms with E-state index in [0.717, 1.165) is 19.3 Å². The summed E-state index contributed by atoms with van der Waals surface area (Å²) in [6.07, 6.45) is 2.24. The molecule has 3 aromatic rings. The predicted octanol–water partition coefficient (Wildman–Crippen LogP) is 5.36. The lowest BCUT2D eigenvalue weighted by Gasteiger charge is -2.14. The minimum absolute atomic E-state index is 0.0575. The molecule has 3 aromatic carbocycles. The van der Waals surface area contributed by atoms with Gasteiger partial charge in [-0.15, -0.1) is 0 Å². The van der Waals surface area contributed by atoms with Crippen LogP contribution < -0.4 is 5.32 Å². The average molecular weight is 387 g/mol. The zero-order valence-electron chi connectivity index (χ0n) is 16.3. The van der Waals surface area contributed by atoms with Gasteiger partial charge in [-0.2, -0.15) is 0 Å². The van der Waals surface area contributed by atoms with Gasteiger partial charge in [0.2, 0.25) is 0 Å². The number of rotatable bonds is 7. The quantitative estimate of drug-likeness (QED) is 0.536. The van der Waals surface area contributed by atoms with Crippen molar-refractivity contribution in [2.75, 3.05) is 18.5 Å². The van der Waals surface area contributed by atoms with E-state index in [1.54, 1.807) is 0 Å². The Hall–Kier alpha value is -3.11. The Balaban J connectivity index is 1.36. The van der Waals surface area contributed by atoms with E-state index < -0.39 is 6.09 Å². The number of ether oxygens (including phenoxy) is 1. The van der Waals surface area contributed by atoms with E-state index in [2.05, 4.69) is 29.6 Å². The van der Waals surface area contributed by atoms with Gasteiger partial charge in [0.15, 0.2) is 0 Å². The molecule has 148 valence electrons. The Morgan fingerprint density at radius 2 is 1.48 bits per heavy atom. The van der Waals surface area contributed by atoms with Gasteiger partial charge in [-0.1, -0.05) is 60.7 Å². The van der Waals surface area contributed by atoms with Crippen molar-refractivity contribution in [1.29, 1.82) is 0 Å². The highest BCUT2D eigenvalue weighted by Gasteiger charge is 2.28. The van der Waals surface area contributed by atoms with Crippen LogP contribution in [0.2, 0.25) is 0 Å². The van der Waals surface area contributed by atoms with Crippen molar-refractivity contribution in [1.82, 2.24) is 0 Å². The Bertz CT molecular complexity index is 936. The van der Waals surface area contributed by atoms with E-state index in [9.17, 15) is 4.79 Å². The summed E-state index contributed by atoms with van der Waals surface area (Å²) in [7, 11) is 0. The molecule has 29 heavy (non-hydrogen) atoms. The first-order valence-corrected chi connectivity index (χ1v) is 10.1. The van der Waals surface area contributed by atoms with Gasteiger partial charge in [-0.3, -0.25) is 5.32 Å². The van der Waals surface area contributed by atoms with Gasteiger partial charge >= 0.3 is 6.09 Å². The number of anilines is 1. The molecule has 4 rings (SSSR count). The van der Waals surface area contributed by atoms with Crippen molar-refractivity contribution in [3.05, 3.63) is 89.5 Å². The SMILES string of the molecule is O=C(Nc1ccc(CCCCO)cc1)OCC1c2ccccc2-c2ccccc21. The third-order valence-electron chi connectivity index (χ3n) is 5.42. The Morgan fingerprint density at radius 3 is 2.10 bits per heavy atom. The van der Waals surface area contributed by atoms with Crippen molar-refractivity contribution < 1.29 is 14.6 Å². The maximum atomic E-state index is 12.3. The molecule has 4 heteroatoms. The zero-order valence-corrected chi connectivity index (χ0v) is 16.3. The van der Waals surface area contributed by atoms with E-state index in [-0.39, 0.29) is 12.5 Å². The molecule has 0 bridgehead atoms. The number of hydrogen-bond donors (Lipinski definition) is 2. The first-order chi connectivity index (χ1) is 14.3. The Labute approximate surface area is 171 Å². The van der Waals surface area contributed by atoms with E-state index >= 15 is 0 Å². The summed E-state index contributed by atoms with van der Waals surface area (Å²) in [5.41, 5.74) is 6.75. The fourth-order valence-corrected chi connectivity index (χ4v) is 3.95. The van der Waals surface area contributed by atoms with E-state index in [1.165, 1.54) is 27.8 Å². The minimum atomic E-state index is -0.445. The van der Waals surface area contributed by atoms with Gasteiger partial charge in [-0.25, -0.2) is 4.79 Å². The molecule has 0 aromatic heterocycles. The van der Waals surface area contributed by atoms with Crippen LogP contribution in [0.3, 0.4) is 0 Å². The summed E-state index contributed by atoms with van der Waals surface area (Å²) < 4.78 is 5.58. The van der Waals surface area contributed by atoms with Gasteiger partial charge in [0.25, 0.3) is 0 Å². The molecule has 0 saturated carbocycles. The number of nitrogens with one attached hydrogen (secondary N) is 1. The summed E-state index contributed by atoms with van der Waals surface area (Å²) in [5.74, 6) is 0.0575. The fourth-order valence-electron chi connectivity index (χ4n) is 3.95. The molecule has 0 radical (unpaired) electrons. The van der Waals surface area contributed by atoms with E-state index in [4.69, 9.17) is 9.84 Å². The van der Waals surface area contributed by atoms with E-state index in [0.29, 0.717) is 12.3 Å². The van der Waals surface area contributed by atoms with Crippen molar-refractivity contribution >= 4 is 11.8 Å². The summed E-state index contributed by atoms with van der Waals surface area (Å²) in [6.45, 7) is 0.528. The molecule has 0 aliphatic heterocycles. The lowest BCUT2D eigenvalue weighted by molar-refractivity contribution is 0.158. The molecule has 0 atom stereocenters. The number of amides is 1. The normalized spacial score (nSPS) is 12.3. The number of hydrogen-bond acceptors (Lipinski definition) is 3. The summed E-state index contributed by atoms with van der Waals surface area (Å²) in [4.78, 5) is 12.3. The zero-order chi connectivity index (χ0) is 20.1. The number of aliphatic hydroxyl groups is 1. The smallest absolute Gasteiger partial charge is 0.411 e. The van der Waals surface area contributed by atoms with Crippen molar-refractivity contribution in [3.63, 3.8) is 0 Å². The summed E-state index contributed by atoms with van der Waals surface area (Å²) >= 11 is 0. The van der Waals surface area contributed by atoms with Gasteiger partial charge in [0, 0.05) is 18.2 Å². The van der Waals surface area contributed by atoms with Crippen LogP contribution in [0, 0.1) is 0 Å². The summed E-state index contributed by atoms with van der Waals surface area (Å²) in [5, 5.41) is 11.7.